The summed E-state index contributed by atoms with van der Waals surface area (Å²) in [5, 5.41) is 12.1. The zero-order chi connectivity index (χ0) is 21.4. The van der Waals surface area contributed by atoms with E-state index >= 15 is 0 Å². The van der Waals surface area contributed by atoms with Crippen molar-refractivity contribution in [1.82, 2.24) is 24.8 Å². The molecule has 0 bridgehead atoms. The number of fused-ring (bicyclic) bond motifs is 1. The van der Waals surface area contributed by atoms with E-state index in [2.05, 4.69) is 46.5 Å². The molecule has 0 aliphatic carbocycles. The summed E-state index contributed by atoms with van der Waals surface area (Å²) in [5.41, 5.74) is 4.27. The van der Waals surface area contributed by atoms with Crippen LogP contribution in [0.4, 0.5) is 11.5 Å². The minimum absolute atomic E-state index is 0.104. The van der Waals surface area contributed by atoms with Crippen LogP contribution in [0.1, 0.15) is 41.0 Å². The fourth-order valence-electron chi connectivity index (χ4n) is 4.01. The Morgan fingerprint density at radius 2 is 1.97 bits per heavy atom. The molecular weight excluding hydrogens is 380 g/mol. The number of hydrogen-bond donors (Lipinski definition) is 1. The second-order valence-corrected chi connectivity index (χ2v) is 8.12. The molecule has 3 heterocycles. The summed E-state index contributed by atoms with van der Waals surface area (Å²) in [6, 6.07) is 6.16. The molecule has 1 aliphatic heterocycles. The molecule has 0 saturated carbocycles. The number of rotatable bonds is 5. The Bertz CT molecular complexity index is 1060. The maximum Gasteiger partial charge on any atom is 0.227 e. The average molecular weight is 409 g/mol. The number of para-hydroxylation sites is 1. The highest BCUT2D eigenvalue weighted by Gasteiger charge is 2.30. The SMILES string of the molecule is Cc1nc(C)n(CC(C)C(=O)N2CCc3onc(Nc4c(C)cccc4C)c3C2)n1. The van der Waals surface area contributed by atoms with E-state index in [1.54, 1.807) is 4.68 Å². The molecule has 3 aromatic rings. The smallest absolute Gasteiger partial charge is 0.227 e. The Morgan fingerprint density at radius 3 is 2.63 bits per heavy atom. The Balaban J connectivity index is 1.50. The lowest BCUT2D eigenvalue weighted by Gasteiger charge is -2.29. The topological polar surface area (TPSA) is 89.1 Å². The molecule has 0 spiro atoms. The van der Waals surface area contributed by atoms with Gasteiger partial charge in [-0.2, -0.15) is 5.10 Å². The quantitative estimate of drug-likeness (QED) is 0.695. The largest absolute Gasteiger partial charge is 0.359 e. The van der Waals surface area contributed by atoms with Crippen molar-refractivity contribution in [1.29, 1.82) is 0 Å². The van der Waals surface area contributed by atoms with Gasteiger partial charge in [0.15, 0.2) is 5.82 Å². The van der Waals surface area contributed by atoms with Crippen molar-refractivity contribution in [2.75, 3.05) is 11.9 Å². The second-order valence-electron chi connectivity index (χ2n) is 8.12. The third-order valence-electron chi connectivity index (χ3n) is 5.69. The molecule has 1 atom stereocenters. The number of benzene rings is 1. The van der Waals surface area contributed by atoms with E-state index in [9.17, 15) is 4.79 Å². The molecule has 2 aromatic heterocycles. The number of aromatic nitrogens is 4. The molecule has 4 rings (SSSR count). The predicted molar refractivity (Wildman–Crippen MR) is 113 cm³/mol. The van der Waals surface area contributed by atoms with Crippen molar-refractivity contribution in [2.24, 2.45) is 5.92 Å². The van der Waals surface area contributed by atoms with Crippen LogP contribution in [0.3, 0.4) is 0 Å². The van der Waals surface area contributed by atoms with Gasteiger partial charge in [0.2, 0.25) is 5.91 Å². The first-order chi connectivity index (χ1) is 14.3. The molecule has 0 radical (unpaired) electrons. The zero-order valence-electron chi connectivity index (χ0n) is 18.2. The highest BCUT2D eigenvalue weighted by molar-refractivity contribution is 5.79. The van der Waals surface area contributed by atoms with Crippen LogP contribution in [0.5, 0.6) is 0 Å². The number of amides is 1. The lowest BCUT2D eigenvalue weighted by Crippen LogP contribution is -2.40. The second kappa shape index (κ2) is 7.93. The molecule has 0 saturated heterocycles. The van der Waals surface area contributed by atoms with Gasteiger partial charge in [-0.05, 0) is 38.8 Å². The van der Waals surface area contributed by atoms with Crippen molar-refractivity contribution in [3.8, 4) is 0 Å². The number of aryl methyl sites for hydroxylation is 4. The van der Waals surface area contributed by atoms with Crippen LogP contribution in [-0.2, 0) is 24.3 Å². The molecule has 30 heavy (non-hydrogen) atoms. The highest BCUT2D eigenvalue weighted by Crippen LogP contribution is 2.31. The van der Waals surface area contributed by atoms with Gasteiger partial charge in [0.25, 0.3) is 0 Å². The number of hydrogen-bond acceptors (Lipinski definition) is 6. The van der Waals surface area contributed by atoms with E-state index in [0.717, 1.165) is 39.8 Å². The van der Waals surface area contributed by atoms with Crippen molar-refractivity contribution < 1.29 is 9.32 Å². The summed E-state index contributed by atoms with van der Waals surface area (Å²) in [5.74, 6) is 3.00. The van der Waals surface area contributed by atoms with Gasteiger partial charge in [-0.3, -0.25) is 4.79 Å². The van der Waals surface area contributed by atoms with Gasteiger partial charge in [0.1, 0.15) is 17.4 Å². The number of anilines is 2. The third-order valence-corrected chi connectivity index (χ3v) is 5.69. The van der Waals surface area contributed by atoms with Gasteiger partial charge >= 0.3 is 0 Å². The van der Waals surface area contributed by atoms with E-state index in [1.165, 1.54) is 0 Å². The van der Waals surface area contributed by atoms with Crippen molar-refractivity contribution >= 4 is 17.4 Å². The highest BCUT2D eigenvalue weighted by atomic mass is 16.5. The van der Waals surface area contributed by atoms with Gasteiger partial charge in [0.05, 0.1) is 24.6 Å². The first-order valence-corrected chi connectivity index (χ1v) is 10.3. The summed E-state index contributed by atoms with van der Waals surface area (Å²) in [6.45, 7) is 11.5. The monoisotopic (exact) mass is 408 g/mol. The fraction of sp³-hybridized carbons (Fsp3) is 0.455. The number of nitrogens with one attached hydrogen (secondary N) is 1. The Kier molecular flexibility index (Phi) is 5.32. The van der Waals surface area contributed by atoms with Gasteiger partial charge in [-0.1, -0.05) is 30.3 Å². The zero-order valence-corrected chi connectivity index (χ0v) is 18.2. The average Bonchev–Trinajstić information content (AvgIpc) is 3.25. The molecule has 8 heteroatoms. The first kappa shape index (κ1) is 20.1. The minimum Gasteiger partial charge on any atom is -0.359 e. The Labute approximate surface area is 176 Å². The van der Waals surface area contributed by atoms with Gasteiger partial charge < -0.3 is 14.7 Å². The number of carbonyl (C=O) groups excluding carboxylic acids is 1. The molecule has 1 aliphatic rings. The lowest BCUT2D eigenvalue weighted by atomic mass is 10.0. The Hall–Kier alpha value is -3.16. The molecule has 1 aromatic carbocycles. The lowest BCUT2D eigenvalue weighted by molar-refractivity contribution is -0.136. The number of nitrogens with zero attached hydrogens (tertiary/aromatic N) is 5. The predicted octanol–water partition coefficient (Wildman–Crippen LogP) is 3.46. The molecule has 158 valence electrons. The van der Waals surface area contributed by atoms with Crippen LogP contribution in [0.2, 0.25) is 0 Å². The molecule has 0 fully saturated rings. The maximum absolute atomic E-state index is 13.1. The van der Waals surface area contributed by atoms with Gasteiger partial charge in [0, 0.05) is 18.7 Å². The van der Waals surface area contributed by atoms with E-state index in [0.29, 0.717) is 31.9 Å². The first-order valence-electron chi connectivity index (χ1n) is 10.3. The number of carbonyl (C=O) groups is 1. The van der Waals surface area contributed by atoms with Crippen LogP contribution < -0.4 is 5.32 Å². The summed E-state index contributed by atoms with van der Waals surface area (Å²) < 4.78 is 7.38. The normalized spacial score (nSPS) is 14.5. The van der Waals surface area contributed by atoms with E-state index in [4.69, 9.17) is 4.52 Å². The van der Waals surface area contributed by atoms with E-state index < -0.39 is 0 Å². The summed E-state index contributed by atoms with van der Waals surface area (Å²) in [7, 11) is 0. The summed E-state index contributed by atoms with van der Waals surface area (Å²) in [4.78, 5) is 19.3. The Morgan fingerprint density at radius 1 is 1.23 bits per heavy atom. The maximum atomic E-state index is 13.1. The van der Waals surface area contributed by atoms with Crippen molar-refractivity contribution in [2.45, 2.75) is 54.1 Å². The van der Waals surface area contributed by atoms with Gasteiger partial charge in [-0.15, -0.1) is 0 Å². The van der Waals surface area contributed by atoms with Crippen molar-refractivity contribution in [3.05, 3.63) is 52.3 Å². The van der Waals surface area contributed by atoms with Crippen LogP contribution in [0.25, 0.3) is 0 Å². The molecule has 8 nitrogen and oxygen atoms in total. The third kappa shape index (κ3) is 3.81. The van der Waals surface area contributed by atoms with Crippen LogP contribution in [-0.4, -0.2) is 37.3 Å². The van der Waals surface area contributed by atoms with Gasteiger partial charge in [-0.25, -0.2) is 9.67 Å². The minimum atomic E-state index is -0.193. The summed E-state index contributed by atoms with van der Waals surface area (Å²) >= 11 is 0. The van der Waals surface area contributed by atoms with Crippen LogP contribution in [0.15, 0.2) is 22.7 Å². The molecular formula is C22H28N6O2. The summed E-state index contributed by atoms with van der Waals surface area (Å²) in [6.07, 6.45) is 0.663. The van der Waals surface area contributed by atoms with Crippen molar-refractivity contribution in [3.63, 3.8) is 0 Å². The molecule has 1 N–H and O–H groups in total. The van der Waals surface area contributed by atoms with E-state index in [-0.39, 0.29) is 11.8 Å². The van der Waals surface area contributed by atoms with Crippen LogP contribution >= 0.6 is 0 Å². The standard InChI is InChI=1S/C22H28N6O2/c1-13-7-6-8-14(2)20(13)24-21-18-12-27(10-9-19(18)30-26-21)22(29)15(3)11-28-17(5)23-16(4)25-28/h6-8,15H,9-12H2,1-5H3,(H,24,26). The fourth-order valence-corrected chi connectivity index (χ4v) is 4.01. The molecule has 1 amide bonds. The van der Waals surface area contributed by atoms with Crippen LogP contribution in [0, 0.1) is 33.6 Å². The van der Waals surface area contributed by atoms with E-state index in [1.807, 2.05) is 31.7 Å². The molecule has 1 unspecified atom stereocenters.